The number of halogens is 4. The molecule has 1 aliphatic rings. The minimum Gasteiger partial charge on any atom is -0.432 e. The molecule has 1 heterocycles. The van der Waals surface area contributed by atoms with Crippen LogP contribution in [0.4, 0.5) is 17.6 Å². The number of oxazole rings is 1. The van der Waals surface area contributed by atoms with Crippen LogP contribution in [-0.2, 0) is 6.54 Å². The van der Waals surface area contributed by atoms with E-state index in [1.165, 1.54) is 29.0 Å². The van der Waals surface area contributed by atoms with Crippen LogP contribution in [0, 0.1) is 29.9 Å². The molecule has 5 rings (SSSR count). The number of alkyl halides is 2. The molecule has 38 heavy (non-hydrogen) atoms. The second-order valence-corrected chi connectivity index (χ2v) is 9.58. The summed E-state index contributed by atoms with van der Waals surface area (Å²) in [6.07, 6.45) is 1.81. The molecule has 5 nitrogen and oxygen atoms in total. The Balaban J connectivity index is 1.55. The van der Waals surface area contributed by atoms with E-state index in [1.54, 1.807) is 37.4 Å². The molecular formula is C29H25F4N3O2. The number of hydrogen-bond acceptors (Lipinski definition) is 3. The fraction of sp³-hybridized carbons (Fsp3) is 0.241. The van der Waals surface area contributed by atoms with Gasteiger partial charge in [-0.15, -0.1) is 0 Å². The van der Waals surface area contributed by atoms with E-state index in [0.29, 0.717) is 16.7 Å². The van der Waals surface area contributed by atoms with Gasteiger partial charge in [0, 0.05) is 17.3 Å². The largest absolute Gasteiger partial charge is 0.432 e. The third-order valence-corrected chi connectivity index (χ3v) is 6.77. The third kappa shape index (κ3) is 5.41. The molecule has 9 heteroatoms. The second kappa shape index (κ2) is 10.3. The number of aryl methyl sites for hydroxylation is 1. The fourth-order valence-electron chi connectivity index (χ4n) is 4.66. The first kappa shape index (κ1) is 25.5. The summed E-state index contributed by atoms with van der Waals surface area (Å²) in [5.74, 6) is -1.32. The molecule has 1 aromatic heterocycles. The minimum absolute atomic E-state index is 0.105. The number of carbonyl (C=O) groups is 1. The lowest BCUT2D eigenvalue weighted by atomic mass is 9.95. The van der Waals surface area contributed by atoms with Gasteiger partial charge in [-0.25, -0.2) is 17.6 Å². The van der Waals surface area contributed by atoms with Crippen LogP contribution in [0.25, 0.3) is 11.1 Å². The highest BCUT2D eigenvalue weighted by molar-refractivity contribution is 5.96. The maximum Gasteiger partial charge on any atom is 0.293 e. The average Bonchev–Trinajstić information content (AvgIpc) is 3.66. The fourth-order valence-corrected chi connectivity index (χ4v) is 4.66. The summed E-state index contributed by atoms with van der Waals surface area (Å²) in [5, 5.41) is 10.9. The second-order valence-electron chi connectivity index (χ2n) is 9.58. The Morgan fingerprint density at radius 2 is 1.89 bits per heavy atom. The highest BCUT2D eigenvalue weighted by atomic mass is 19.3. The molecule has 2 N–H and O–H groups in total. The smallest absolute Gasteiger partial charge is 0.293 e. The van der Waals surface area contributed by atoms with E-state index in [0.717, 1.165) is 30.5 Å². The van der Waals surface area contributed by atoms with E-state index in [4.69, 9.17) is 9.83 Å². The number of carbonyl (C=O) groups excluding carboxylic acids is 1. The number of nitrogens with one attached hydrogen (secondary N) is 2. The van der Waals surface area contributed by atoms with Crippen LogP contribution >= 0.6 is 0 Å². The first-order chi connectivity index (χ1) is 18.2. The zero-order valence-corrected chi connectivity index (χ0v) is 20.5. The van der Waals surface area contributed by atoms with Gasteiger partial charge in [0.15, 0.2) is 0 Å². The van der Waals surface area contributed by atoms with Gasteiger partial charge >= 0.3 is 0 Å². The van der Waals surface area contributed by atoms with E-state index in [2.05, 4.69) is 5.32 Å². The van der Waals surface area contributed by atoms with E-state index < -0.39 is 23.7 Å². The number of aromatic nitrogens is 1. The van der Waals surface area contributed by atoms with Gasteiger partial charge in [-0.1, -0.05) is 18.2 Å². The van der Waals surface area contributed by atoms with Crippen molar-refractivity contribution in [2.75, 3.05) is 0 Å². The van der Waals surface area contributed by atoms with Gasteiger partial charge < -0.3 is 9.73 Å². The monoisotopic (exact) mass is 523 g/mol. The maximum atomic E-state index is 13.9. The Morgan fingerprint density at radius 3 is 2.55 bits per heavy atom. The van der Waals surface area contributed by atoms with Crippen molar-refractivity contribution in [3.63, 3.8) is 0 Å². The molecule has 0 radical (unpaired) electrons. The van der Waals surface area contributed by atoms with E-state index in [9.17, 15) is 22.4 Å². The lowest BCUT2D eigenvalue weighted by Gasteiger charge is -2.20. The van der Waals surface area contributed by atoms with Crippen LogP contribution in [0.5, 0.6) is 0 Å². The lowest BCUT2D eigenvalue weighted by molar-refractivity contribution is 0.0931. The summed E-state index contributed by atoms with van der Waals surface area (Å²) < 4.78 is 61.8. The maximum absolute atomic E-state index is 13.9. The van der Waals surface area contributed by atoms with Crippen molar-refractivity contribution in [3.05, 3.63) is 112 Å². The Hall–Kier alpha value is -4.14. The summed E-state index contributed by atoms with van der Waals surface area (Å²) in [5.41, 5.74) is 1.89. The zero-order valence-electron chi connectivity index (χ0n) is 20.5. The van der Waals surface area contributed by atoms with Crippen LogP contribution in [0.15, 0.2) is 71.5 Å². The average molecular weight is 524 g/mol. The van der Waals surface area contributed by atoms with E-state index in [1.807, 2.05) is 0 Å². The van der Waals surface area contributed by atoms with Crippen LogP contribution in [-0.4, -0.2) is 10.5 Å². The quantitative estimate of drug-likeness (QED) is 0.253. The van der Waals surface area contributed by atoms with E-state index in [-0.39, 0.29) is 41.1 Å². The summed E-state index contributed by atoms with van der Waals surface area (Å²) >= 11 is 0. The van der Waals surface area contributed by atoms with Crippen LogP contribution < -0.4 is 11.0 Å². The summed E-state index contributed by atoms with van der Waals surface area (Å²) in [4.78, 5) is 13.5. The molecule has 0 saturated heterocycles. The number of hydrogen-bond donors (Lipinski definition) is 2. The molecule has 0 spiro atoms. The molecule has 1 fully saturated rings. The topological polar surface area (TPSA) is 71.0 Å². The van der Waals surface area contributed by atoms with Gasteiger partial charge in [0.25, 0.3) is 18.0 Å². The third-order valence-electron chi connectivity index (χ3n) is 6.77. The van der Waals surface area contributed by atoms with Crippen molar-refractivity contribution >= 4 is 5.91 Å². The number of benzene rings is 3. The van der Waals surface area contributed by atoms with Gasteiger partial charge in [-0.05, 0) is 89.9 Å². The lowest BCUT2D eigenvalue weighted by Crippen LogP contribution is -2.30. The van der Waals surface area contributed by atoms with Crippen LogP contribution in [0.1, 0.15) is 57.9 Å². The highest BCUT2D eigenvalue weighted by Crippen LogP contribution is 2.41. The van der Waals surface area contributed by atoms with Crippen molar-refractivity contribution in [2.45, 2.75) is 38.8 Å². The zero-order chi connectivity index (χ0) is 27.0. The number of amides is 1. The van der Waals surface area contributed by atoms with Gasteiger partial charge in [0.1, 0.15) is 17.9 Å². The SMILES string of the molecule is Cc1cc([C@@H](NC(=O)c2cc(Cn3ccoc3=N)cc(-c3ccc(F)cc3C(F)F)c2)C2CC2)ccc1F. The van der Waals surface area contributed by atoms with Gasteiger partial charge in [0.2, 0.25) is 0 Å². The Morgan fingerprint density at radius 1 is 1.11 bits per heavy atom. The van der Waals surface area contributed by atoms with Crippen molar-refractivity contribution in [1.82, 2.24) is 9.88 Å². The molecular weight excluding hydrogens is 498 g/mol. The van der Waals surface area contributed by atoms with Crippen molar-refractivity contribution in [1.29, 1.82) is 5.41 Å². The summed E-state index contributed by atoms with van der Waals surface area (Å²) in [7, 11) is 0. The molecule has 0 bridgehead atoms. The van der Waals surface area contributed by atoms with Crippen LogP contribution in [0.2, 0.25) is 0 Å². The van der Waals surface area contributed by atoms with E-state index >= 15 is 0 Å². The normalized spacial score (nSPS) is 14.1. The molecule has 1 saturated carbocycles. The molecule has 196 valence electrons. The Kier molecular flexibility index (Phi) is 6.93. The van der Waals surface area contributed by atoms with Crippen LogP contribution in [0.3, 0.4) is 0 Å². The predicted octanol–water partition coefficient (Wildman–Crippen LogP) is 6.68. The predicted molar refractivity (Wildman–Crippen MR) is 133 cm³/mol. The standard InChI is InChI=1S/C29H25F4N3O2/c1-16-10-19(4-7-25(16)31)26(18-2-3-18)35-28(37)21-12-17(15-36-8-9-38-29(36)34)11-20(13-21)23-6-5-22(30)14-24(23)27(32)33/h4-14,18,26-27,34H,2-3,15H2,1H3,(H,35,37)/t26-/m0/s1. The first-order valence-electron chi connectivity index (χ1n) is 12.2. The molecule has 3 aromatic carbocycles. The Bertz CT molecular complexity index is 1560. The number of nitrogens with zero attached hydrogens (tertiary/aromatic N) is 1. The Labute approximate surface area is 216 Å². The first-order valence-corrected chi connectivity index (χ1v) is 12.2. The van der Waals surface area contributed by atoms with Crippen molar-refractivity contribution in [2.24, 2.45) is 5.92 Å². The van der Waals surface area contributed by atoms with Crippen molar-refractivity contribution < 1.29 is 26.8 Å². The number of rotatable bonds is 8. The molecule has 0 aliphatic heterocycles. The summed E-state index contributed by atoms with van der Waals surface area (Å²) in [6, 6.07) is 12.4. The molecule has 4 aromatic rings. The van der Waals surface area contributed by atoms with Gasteiger partial charge in [-0.3, -0.25) is 14.8 Å². The van der Waals surface area contributed by atoms with Crippen molar-refractivity contribution in [3.8, 4) is 11.1 Å². The molecule has 1 amide bonds. The van der Waals surface area contributed by atoms with Gasteiger partial charge in [-0.2, -0.15) is 0 Å². The van der Waals surface area contributed by atoms with Gasteiger partial charge in [0.05, 0.1) is 12.6 Å². The highest BCUT2D eigenvalue weighted by Gasteiger charge is 2.34. The minimum atomic E-state index is -2.93. The molecule has 1 atom stereocenters. The molecule has 1 aliphatic carbocycles. The summed E-state index contributed by atoms with van der Waals surface area (Å²) in [6.45, 7) is 1.82. The molecule has 0 unspecified atom stereocenters.